The molecule has 3 aromatic rings. The Kier molecular flexibility index (Phi) is 5.19. The predicted octanol–water partition coefficient (Wildman–Crippen LogP) is 2.78. The molecule has 0 saturated carbocycles. The van der Waals surface area contributed by atoms with Crippen LogP contribution in [-0.4, -0.2) is 20.7 Å². The van der Waals surface area contributed by atoms with Crippen LogP contribution in [0.3, 0.4) is 0 Å². The third-order valence-electron chi connectivity index (χ3n) is 3.43. The second-order valence-corrected chi connectivity index (χ2v) is 5.24. The van der Waals surface area contributed by atoms with Gasteiger partial charge in [0.1, 0.15) is 24.2 Å². The molecule has 3 rings (SSSR count). The average molecular weight is 322 g/mol. The Hall–Kier alpha value is -3.15. The molecule has 122 valence electrons. The first-order valence-corrected chi connectivity index (χ1v) is 7.70. The summed E-state index contributed by atoms with van der Waals surface area (Å²) >= 11 is 0. The van der Waals surface area contributed by atoms with Gasteiger partial charge < -0.3 is 10.1 Å². The number of carbonyl (C=O) groups excluding carboxylic acids is 1. The molecule has 6 nitrogen and oxygen atoms in total. The second kappa shape index (κ2) is 7.92. The van der Waals surface area contributed by atoms with Crippen LogP contribution in [0, 0.1) is 0 Å². The highest BCUT2D eigenvalue weighted by atomic mass is 16.5. The van der Waals surface area contributed by atoms with Gasteiger partial charge in [-0.05, 0) is 29.8 Å². The van der Waals surface area contributed by atoms with Crippen molar-refractivity contribution in [3.05, 3.63) is 72.8 Å². The van der Waals surface area contributed by atoms with Gasteiger partial charge in [-0.25, -0.2) is 4.98 Å². The number of carbonyl (C=O) groups is 1. The van der Waals surface area contributed by atoms with Crippen LogP contribution < -0.4 is 10.1 Å². The van der Waals surface area contributed by atoms with Gasteiger partial charge in [0.25, 0.3) is 0 Å². The number of aryl methyl sites for hydroxylation is 1. The van der Waals surface area contributed by atoms with Crippen LogP contribution in [0.4, 0.5) is 0 Å². The summed E-state index contributed by atoms with van der Waals surface area (Å²) in [4.78, 5) is 15.7. The molecule has 1 N–H and O–H groups in total. The highest BCUT2D eigenvalue weighted by molar-refractivity contribution is 5.75. The summed E-state index contributed by atoms with van der Waals surface area (Å²) in [5, 5.41) is 6.85. The quantitative estimate of drug-likeness (QED) is 0.726. The van der Waals surface area contributed by atoms with Gasteiger partial charge in [0.2, 0.25) is 5.91 Å². The SMILES string of the molecule is O=C(CCn1cncn1)NCc1ccc(Oc2ccccc2)cc1. The van der Waals surface area contributed by atoms with E-state index in [1.54, 1.807) is 11.0 Å². The monoisotopic (exact) mass is 322 g/mol. The zero-order valence-electron chi connectivity index (χ0n) is 13.1. The number of rotatable bonds is 7. The van der Waals surface area contributed by atoms with Crippen LogP contribution in [0.5, 0.6) is 11.5 Å². The first kappa shape index (κ1) is 15.7. The van der Waals surface area contributed by atoms with E-state index in [1.165, 1.54) is 6.33 Å². The lowest BCUT2D eigenvalue weighted by Crippen LogP contribution is -2.24. The molecule has 2 aromatic carbocycles. The number of para-hydroxylation sites is 1. The van der Waals surface area contributed by atoms with Crippen LogP contribution >= 0.6 is 0 Å². The molecule has 0 aliphatic rings. The van der Waals surface area contributed by atoms with Crippen molar-refractivity contribution >= 4 is 5.91 Å². The molecule has 0 radical (unpaired) electrons. The van der Waals surface area contributed by atoms with Crippen LogP contribution in [0.2, 0.25) is 0 Å². The molecule has 1 heterocycles. The maximum absolute atomic E-state index is 11.8. The fraction of sp³-hybridized carbons (Fsp3) is 0.167. The van der Waals surface area contributed by atoms with E-state index in [1.807, 2.05) is 54.6 Å². The third-order valence-corrected chi connectivity index (χ3v) is 3.43. The Labute approximate surface area is 140 Å². The van der Waals surface area contributed by atoms with Crippen molar-refractivity contribution in [2.24, 2.45) is 0 Å². The molecule has 0 aliphatic heterocycles. The molecule has 0 bridgehead atoms. The molecule has 0 spiro atoms. The Morgan fingerprint density at radius 1 is 1.04 bits per heavy atom. The number of hydrogen-bond acceptors (Lipinski definition) is 4. The highest BCUT2D eigenvalue weighted by Gasteiger charge is 2.03. The number of ether oxygens (including phenoxy) is 1. The fourth-order valence-electron chi connectivity index (χ4n) is 2.15. The van der Waals surface area contributed by atoms with Gasteiger partial charge in [0.15, 0.2) is 0 Å². The summed E-state index contributed by atoms with van der Waals surface area (Å²) in [6.07, 6.45) is 3.42. The first-order chi connectivity index (χ1) is 11.8. The maximum Gasteiger partial charge on any atom is 0.222 e. The normalized spacial score (nSPS) is 10.3. The number of nitrogens with zero attached hydrogens (tertiary/aromatic N) is 3. The summed E-state index contributed by atoms with van der Waals surface area (Å²) < 4.78 is 7.37. The zero-order chi connectivity index (χ0) is 16.6. The molecule has 24 heavy (non-hydrogen) atoms. The number of amides is 1. The highest BCUT2D eigenvalue weighted by Crippen LogP contribution is 2.20. The zero-order valence-corrected chi connectivity index (χ0v) is 13.1. The van der Waals surface area contributed by atoms with Crippen molar-refractivity contribution in [3.8, 4) is 11.5 Å². The molecule has 0 fully saturated rings. The molecular weight excluding hydrogens is 304 g/mol. The van der Waals surface area contributed by atoms with Crippen LogP contribution in [0.1, 0.15) is 12.0 Å². The lowest BCUT2D eigenvalue weighted by molar-refractivity contribution is -0.121. The largest absolute Gasteiger partial charge is 0.457 e. The number of aromatic nitrogens is 3. The van der Waals surface area contributed by atoms with Gasteiger partial charge >= 0.3 is 0 Å². The van der Waals surface area contributed by atoms with Gasteiger partial charge in [-0.3, -0.25) is 9.48 Å². The van der Waals surface area contributed by atoms with E-state index in [0.29, 0.717) is 19.5 Å². The van der Waals surface area contributed by atoms with Crippen molar-refractivity contribution in [1.82, 2.24) is 20.1 Å². The van der Waals surface area contributed by atoms with Gasteiger partial charge in [-0.15, -0.1) is 0 Å². The van der Waals surface area contributed by atoms with Crippen LogP contribution in [0.15, 0.2) is 67.3 Å². The van der Waals surface area contributed by atoms with Gasteiger partial charge in [0, 0.05) is 13.0 Å². The van der Waals surface area contributed by atoms with E-state index in [-0.39, 0.29) is 5.91 Å². The minimum absolute atomic E-state index is 0.0184. The van der Waals surface area contributed by atoms with E-state index < -0.39 is 0 Å². The Bertz CT molecular complexity index is 755. The lowest BCUT2D eigenvalue weighted by Gasteiger charge is -2.08. The smallest absolute Gasteiger partial charge is 0.222 e. The summed E-state index contributed by atoms with van der Waals surface area (Å²) in [7, 11) is 0. The fourth-order valence-corrected chi connectivity index (χ4v) is 2.15. The molecule has 0 unspecified atom stereocenters. The van der Waals surface area contributed by atoms with Crippen molar-refractivity contribution in [1.29, 1.82) is 0 Å². The number of hydrogen-bond donors (Lipinski definition) is 1. The molecule has 0 atom stereocenters. The molecule has 0 aliphatic carbocycles. The van der Waals surface area contributed by atoms with Crippen molar-refractivity contribution < 1.29 is 9.53 Å². The molecule has 1 aromatic heterocycles. The molecule has 6 heteroatoms. The summed E-state index contributed by atoms with van der Waals surface area (Å²) in [6, 6.07) is 17.3. The molecule has 0 saturated heterocycles. The minimum Gasteiger partial charge on any atom is -0.457 e. The van der Waals surface area contributed by atoms with E-state index in [9.17, 15) is 4.79 Å². The first-order valence-electron chi connectivity index (χ1n) is 7.70. The maximum atomic E-state index is 11.8. The minimum atomic E-state index is -0.0184. The molecular formula is C18H18N4O2. The van der Waals surface area contributed by atoms with Crippen LogP contribution in [0.25, 0.3) is 0 Å². The summed E-state index contributed by atoms with van der Waals surface area (Å²) in [5.41, 5.74) is 1.02. The third kappa shape index (κ3) is 4.67. The van der Waals surface area contributed by atoms with Crippen molar-refractivity contribution in [2.75, 3.05) is 0 Å². The Morgan fingerprint density at radius 2 is 1.79 bits per heavy atom. The van der Waals surface area contributed by atoms with E-state index >= 15 is 0 Å². The topological polar surface area (TPSA) is 69.0 Å². The Morgan fingerprint density at radius 3 is 2.50 bits per heavy atom. The van der Waals surface area contributed by atoms with Crippen molar-refractivity contribution in [2.45, 2.75) is 19.5 Å². The van der Waals surface area contributed by atoms with Gasteiger partial charge in [0.05, 0.1) is 6.54 Å². The predicted molar refractivity (Wildman–Crippen MR) is 89.4 cm³/mol. The van der Waals surface area contributed by atoms with Gasteiger partial charge in [-0.2, -0.15) is 5.10 Å². The average Bonchev–Trinajstić information content (AvgIpc) is 3.14. The van der Waals surface area contributed by atoms with E-state index in [2.05, 4.69) is 15.4 Å². The second-order valence-electron chi connectivity index (χ2n) is 5.24. The van der Waals surface area contributed by atoms with E-state index in [4.69, 9.17) is 4.74 Å². The standard InChI is InChI=1S/C18H18N4O2/c23-18(10-11-22-14-19-13-21-22)20-12-15-6-8-17(9-7-15)24-16-4-2-1-3-5-16/h1-9,13-14H,10-12H2,(H,20,23). The van der Waals surface area contributed by atoms with Crippen LogP contribution in [-0.2, 0) is 17.9 Å². The number of benzene rings is 2. The Balaban J connectivity index is 1.45. The summed E-state index contributed by atoms with van der Waals surface area (Å²) in [6.45, 7) is 1.01. The summed E-state index contributed by atoms with van der Waals surface area (Å²) in [5.74, 6) is 1.55. The lowest BCUT2D eigenvalue weighted by atomic mass is 10.2. The van der Waals surface area contributed by atoms with Crippen molar-refractivity contribution in [3.63, 3.8) is 0 Å². The number of nitrogens with one attached hydrogen (secondary N) is 1. The van der Waals surface area contributed by atoms with Gasteiger partial charge in [-0.1, -0.05) is 30.3 Å². The van der Waals surface area contributed by atoms with E-state index in [0.717, 1.165) is 17.1 Å². The molecule has 1 amide bonds.